The van der Waals surface area contributed by atoms with Crippen LogP contribution in [0, 0.1) is 11.7 Å². The van der Waals surface area contributed by atoms with Gasteiger partial charge in [0.05, 0.1) is 23.8 Å². The summed E-state index contributed by atoms with van der Waals surface area (Å²) >= 11 is 0. The predicted octanol–water partition coefficient (Wildman–Crippen LogP) is 7.27. The van der Waals surface area contributed by atoms with Gasteiger partial charge in [-0.05, 0) is 61.7 Å². The maximum atomic E-state index is 13.2. The monoisotopic (exact) mass is 725 g/mol. The Morgan fingerprint density at radius 1 is 0.843 bits per heavy atom. The number of halogens is 7. The summed E-state index contributed by atoms with van der Waals surface area (Å²) in [4.78, 5) is 39.9. The van der Waals surface area contributed by atoms with Crippen LogP contribution in [0.3, 0.4) is 0 Å². The van der Waals surface area contributed by atoms with Crippen molar-refractivity contribution in [2.24, 2.45) is 5.92 Å². The van der Waals surface area contributed by atoms with E-state index in [1.165, 1.54) is 26.0 Å². The number of fused-ring (bicyclic) bond motifs is 1. The fraction of sp³-hybridized carbons (Fsp3) is 0.417. The summed E-state index contributed by atoms with van der Waals surface area (Å²) < 4.78 is 102. The molecule has 3 amide bonds. The summed E-state index contributed by atoms with van der Waals surface area (Å²) in [6.45, 7) is 4.35. The predicted molar refractivity (Wildman–Crippen MR) is 171 cm³/mol. The van der Waals surface area contributed by atoms with Crippen molar-refractivity contribution in [3.05, 3.63) is 107 Å². The molecule has 3 aromatic rings. The fourth-order valence-electron chi connectivity index (χ4n) is 5.83. The highest BCUT2D eigenvalue weighted by Gasteiger charge is 2.47. The minimum atomic E-state index is -4.98. The van der Waals surface area contributed by atoms with Gasteiger partial charge in [0.25, 0.3) is 0 Å². The first kappa shape index (κ1) is 39.1. The molecule has 0 aromatic heterocycles. The van der Waals surface area contributed by atoms with Gasteiger partial charge in [-0.1, -0.05) is 55.5 Å². The maximum Gasteiger partial charge on any atom is 0.416 e. The van der Waals surface area contributed by atoms with Crippen LogP contribution in [-0.4, -0.2) is 53.1 Å². The second-order valence-electron chi connectivity index (χ2n) is 13.0. The van der Waals surface area contributed by atoms with Gasteiger partial charge in [0.1, 0.15) is 18.0 Å². The number of piperidine rings is 1. The molecule has 4 unspecified atom stereocenters. The number of hydrogen-bond acceptors (Lipinski definition) is 5. The van der Waals surface area contributed by atoms with Gasteiger partial charge in [0.15, 0.2) is 0 Å². The third-order valence-electron chi connectivity index (χ3n) is 8.61. The zero-order valence-electron chi connectivity index (χ0n) is 28.0. The molecule has 0 bridgehead atoms. The van der Waals surface area contributed by atoms with E-state index in [-0.39, 0.29) is 54.9 Å². The molecule has 0 saturated carbocycles. The van der Waals surface area contributed by atoms with Gasteiger partial charge in [-0.25, -0.2) is 9.18 Å². The summed E-state index contributed by atoms with van der Waals surface area (Å²) in [6.07, 6.45) is -11.1. The van der Waals surface area contributed by atoms with Crippen LogP contribution in [-0.2, 0) is 44.6 Å². The van der Waals surface area contributed by atoms with Crippen LogP contribution in [0.25, 0.3) is 0 Å². The molecule has 2 saturated heterocycles. The van der Waals surface area contributed by atoms with Crippen LogP contribution in [0.15, 0.2) is 78.9 Å². The van der Waals surface area contributed by atoms with E-state index in [1.807, 2.05) is 6.07 Å². The number of benzene rings is 3. The molecule has 2 fully saturated rings. The number of carbonyl (C=O) groups excluding carboxylic acids is 3. The van der Waals surface area contributed by atoms with Gasteiger partial charge in [-0.3, -0.25) is 9.59 Å². The summed E-state index contributed by atoms with van der Waals surface area (Å²) in [6, 6.07) is 17.2. The molecule has 2 N–H and O–H groups in total. The average molecular weight is 726 g/mol. The molecular weight excluding hydrogens is 687 g/mol. The molecule has 4 atom stereocenters. The van der Waals surface area contributed by atoms with Crippen molar-refractivity contribution in [2.75, 3.05) is 6.54 Å². The fourth-order valence-corrected chi connectivity index (χ4v) is 5.83. The van der Waals surface area contributed by atoms with E-state index >= 15 is 0 Å². The normalized spacial score (nSPS) is 20.5. The van der Waals surface area contributed by atoms with Crippen LogP contribution in [0.1, 0.15) is 55.9 Å². The first-order valence-corrected chi connectivity index (χ1v) is 16.0. The lowest BCUT2D eigenvalue weighted by molar-refractivity contribution is -0.143. The zero-order chi connectivity index (χ0) is 37.6. The van der Waals surface area contributed by atoms with Crippen molar-refractivity contribution < 1.29 is 54.6 Å². The molecule has 2 aliphatic rings. The highest BCUT2D eigenvalue weighted by atomic mass is 19.4. The lowest BCUT2D eigenvalue weighted by Gasteiger charge is -2.37. The summed E-state index contributed by atoms with van der Waals surface area (Å²) in [5.74, 6) is -1.33. The standard InChI is InChI=1S/C30H33F6N3O5.C6H5F/c1-17-23-12-22(37-26(41)28(2,3)38-27(42)44-15-18-7-5-4-6-8-18)13-25(40)39(23)14-24(17)43-16-19-9-20(29(31,32)33)11-21(10-19)30(34,35)36;7-6-4-2-1-3-5-6/h4-11,17,22-24H,12-16H2,1-3H3,(H,37,41)(H,38,42);1-5H. The summed E-state index contributed by atoms with van der Waals surface area (Å²) in [7, 11) is 0. The Bertz CT molecular complexity index is 1620. The number of amides is 3. The molecule has 0 aliphatic carbocycles. The van der Waals surface area contributed by atoms with Gasteiger partial charge in [0.2, 0.25) is 11.8 Å². The van der Waals surface area contributed by atoms with E-state index in [1.54, 1.807) is 54.3 Å². The molecule has 51 heavy (non-hydrogen) atoms. The SMILES string of the molecule is CC1C(OCc2cc(C(F)(F)F)cc(C(F)(F)F)c2)CN2C(=O)CC(NC(=O)C(C)(C)NC(=O)OCc3ccccc3)CC12.Fc1ccccc1. The Morgan fingerprint density at radius 2 is 1.41 bits per heavy atom. The number of ether oxygens (including phenoxy) is 2. The Balaban J connectivity index is 0.000000742. The zero-order valence-corrected chi connectivity index (χ0v) is 28.0. The highest BCUT2D eigenvalue weighted by molar-refractivity contribution is 5.90. The van der Waals surface area contributed by atoms with Crippen LogP contribution in [0.4, 0.5) is 35.5 Å². The van der Waals surface area contributed by atoms with E-state index in [2.05, 4.69) is 10.6 Å². The van der Waals surface area contributed by atoms with Crippen LogP contribution < -0.4 is 10.6 Å². The van der Waals surface area contributed by atoms with E-state index in [0.29, 0.717) is 18.6 Å². The van der Waals surface area contributed by atoms with E-state index < -0.39 is 59.8 Å². The molecule has 0 radical (unpaired) electrons. The molecule has 3 aromatic carbocycles. The largest absolute Gasteiger partial charge is 0.445 e. The third-order valence-corrected chi connectivity index (χ3v) is 8.61. The van der Waals surface area contributed by atoms with Gasteiger partial charge in [-0.2, -0.15) is 26.3 Å². The quantitative estimate of drug-likeness (QED) is 0.239. The number of carbonyl (C=O) groups is 3. The molecule has 5 rings (SSSR count). The first-order valence-electron chi connectivity index (χ1n) is 16.0. The second kappa shape index (κ2) is 16.1. The van der Waals surface area contributed by atoms with Crippen molar-refractivity contribution in [2.45, 2.75) is 82.9 Å². The summed E-state index contributed by atoms with van der Waals surface area (Å²) in [5, 5.41) is 5.32. The lowest BCUT2D eigenvalue weighted by Crippen LogP contribution is -2.59. The van der Waals surface area contributed by atoms with E-state index in [0.717, 1.165) is 5.56 Å². The number of hydrogen-bond donors (Lipinski definition) is 2. The van der Waals surface area contributed by atoms with E-state index in [4.69, 9.17) is 9.47 Å². The molecule has 2 heterocycles. The first-order chi connectivity index (χ1) is 23.8. The number of alkyl halides is 6. The molecule has 276 valence electrons. The van der Waals surface area contributed by atoms with Gasteiger partial charge in [-0.15, -0.1) is 0 Å². The third kappa shape index (κ3) is 10.9. The molecular formula is C36H38F7N3O5. The molecule has 15 heteroatoms. The molecule has 2 aliphatic heterocycles. The maximum absolute atomic E-state index is 13.2. The van der Waals surface area contributed by atoms with Gasteiger partial charge < -0.3 is 25.0 Å². The lowest BCUT2D eigenvalue weighted by atomic mass is 9.89. The van der Waals surface area contributed by atoms with Crippen LogP contribution in [0.2, 0.25) is 0 Å². The van der Waals surface area contributed by atoms with Crippen molar-refractivity contribution >= 4 is 17.9 Å². The number of alkyl carbamates (subject to hydrolysis) is 1. The molecule has 8 nitrogen and oxygen atoms in total. The van der Waals surface area contributed by atoms with Crippen molar-refractivity contribution in [1.82, 2.24) is 15.5 Å². The topological polar surface area (TPSA) is 97.0 Å². The Hall–Kier alpha value is -4.66. The Kier molecular flexibility index (Phi) is 12.4. The van der Waals surface area contributed by atoms with E-state index in [9.17, 15) is 45.1 Å². The van der Waals surface area contributed by atoms with Crippen LogP contribution in [0.5, 0.6) is 0 Å². The number of nitrogens with zero attached hydrogens (tertiary/aromatic N) is 1. The Morgan fingerprint density at radius 3 is 1.94 bits per heavy atom. The van der Waals surface area contributed by atoms with Gasteiger partial charge in [0, 0.05) is 31.0 Å². The number of rotatable bonds is 8. The number of nitrogens with one attached hydrogen (secondary N) is 2. The Labute approximate surface area is 290 Å². The second-order valence-corrected chi connectivity index (χ2v) is 13.0. The van der Waals surface area contributed by atoms with Crippen LogP contribution >= 0.6 is 0 Å². The average Bonchev–Trinajstić information content (AvgIpc) is 3.38. The minimum absolute atomic E-state index is 0.0113. The van der Waals surface area contributed by atoms with Gasteiger partial charge >= 0.3 is 18.4 Å². The van der Waals surface area contributed by atoms with Crippen molar-refractivity contribution in [3.63, 3.8) is 0 Å². The molecule has 0 spiro atoms. The smallest absolute Gasteiger partial charge is 0.416 e. The highest BCUT2D eigenvalue weighted by Crippen LogP contribution is 2.38. The summed E-state index contributed by atoms with van der Waals surface area (Å²) in [5.41, 5.74) is -3.76. The minimum Gasteiger partial charge on any atom is -0.445 e. The van der Waals surface area contributed by atoms with Crippen molar-refractivity contribution in [3.8, 4) is 0 Å². The van der Waals surface area contributed by atoms with Crippen molar-refractivity contribution in [1.29, 1.82) is 0 Å².